The highest BCUT2D eigenvalue weighted by atomic mass is 16.1. The number of rotatable bonds is 6. The number of carbonyl (C=O) groups is 2. The SMILES string of the molecule is CC(=O)c1cn(CCC(=O)N[C@H](C)c2nnc3ccccn23)c2ccccc12. The zero-order valence-corrected chi connectivity index (χ0v) is 15.8. The summed E-state index contributed by atoms with van der Waals surface area (Å²) < 4.78 is 3.83. The number of aryl methyl sites for hydroxylation is 1. The van der Waals surface area contributed by atoms with Crippen molar-refractivity contribution >= 4 is 28.2 Å². The van der Waals surface area contributed by atoms with E-state index in [1.165, 1.54) is 0 Å². The Balaban J connectivity index is 1.46. The molecule has 0 saturated heterocycles. The second-order valence-corrected chi connectivity index (χ2v) is 6.84. The van der Waals surface area contributed by atoms with Crippen LogP contribution in [0.5, 0.6) is 0 Å². The van der Waals surface area contributed by atoms with Crippen molar-refractivity contribution in [2.24, 2.45) is 0 Å². The fraction of sp³-hybridized carbons (Fsp3) is 0.238. The Bertz CT molecular complexity index is 1170. The molecule has 4 aromatic rings. The normalized spacial score (nSPS) is 12.4. The van der Waals surface area contributed by atoms with Crippen molar-refractivity contribution in [1.82, 2.24) is 24.5 Å². The number of para-hydroxylation sites is 1. The van der Waals surface area contributed by atoms with Crippen molar-refractivity contribution in [1.29, 1.82) is 0 Å². The van der Waals surface area contributed by atoms with Crippen LogP contribution >= 0.6 is 0 Å². The zero-order valence-electron chi connectivity index (χ0n) is 15.8. The molecule has 7 heteroatoms. The van der Waals surface area contributed by atoms with Gasteiger partial charge >= 0.3 is 0 Å². The fourth-order valence-electron chi connectivity index (χ4n) is 3.47. The van der Waals surface area contributed by atoms with Crippen LogP contribution in [-0.4, -0.2) is 30.9 Å². The smallest absolute Gasteiger partial charge is 0.222 e. The Hall–Kier alpha value is -3.48. The van der Waals surface area contributed by atoms with E-state index in [1.807, 2.05) is 70.7 Å². The summed E-state index contributed by atoms with van der Waals surface area (Å²) in [6, 6.07) is 13.1. The van der Waals surface area contributed by atoms with Gasteiger partial charge < -0.3 is 9.88 Å². The molecule has 1 N–H and O–H groups in total. The maximum atomic E-state index is 12.5. The van der Waals surface area contributed by atoms with Crippen molar-refractivity contribution in [3.05, 3.63) is 66.2 Å². The summed E-state index contributed by atoms with van der Waals surface area (Å²) in [5.74, 6) is 0.628. The van der Waals surface area contributed by atoms with Crippen molar-refractivity contribution in [2.75, 3.05) is 0 Å². The largest absolute Gasteiger partial charge is 0.346 e. The first-order valence-corrected chi connectivity index (χ1v) is 9.22. The highest BCUT2D eigenvalue weighted by Crippen LogP contribution is 2.22. The lowest BCUT2D eigenvalue weighted by Gasteiger charge is -2.13. The number of fused-ring (bicyclic) bond motifs is 2. The lowest BCUT2D eigenvalue weighted by Crippen LogP contribution is -2.28. The van der Waals surface area contributed by atoms with Gasteiger partial charge in [-0.15, -0.1) is 10.2 Å². The molecule has 0 bridgehead atoms. The number of ketones is 1. The van der Waals surface area contributed by atoms with Crippen LogP contribution in [0.25, 0.3) is 16.6 Å². The maximum Gasteiger partial charge on any atom is 0.222 e. The van der Waals surface area contributed by atoms with E-state index >= 15 is 0 Å². The van der Waals surface area contributed by atoms with E-state index in [4.69, 9.17) is 0 Å². The number of nitrogens with zero attached hydrogens (tertiary/aromatic N) is 4. The number of nitrogens with one attached hydrogen (secondary N) is 1. The van der Waals surface area contributed by atoms with E-state index < -0.39 is 0 Å². The molecular weight excluding hydrogens is 354 g/mol. The second-order valence-electron chi connectivity index (χ2n) is 6.84. The van der Waals surface area contributed by atoms with E-state index in [2.05, 4.69) is 15.5 Å². The van der Waals surface area contributed by atoms with Gasteiger partial charge in [0.1, 0.15) is 0 Å². The standard InChI is InChI=1S/C21H21N5O2/c1-14(21-24-23-19-9-5-6-11-26(19)21)22-20(28)10-12-25-13-17(15(2)27)16-7-3-4-8-18(16)25/h3-9,11,13-14H,10,12H2,1-2H3,(H,22,28)/t14-/m1/s1. The minimum atomic E-state index is -0.265. The van der Waals surface area contributed by atoms with Gasteiger partial charge in [0.2, 0.25) is 5.91 Å². The van der Waals surface area contributed by atoms with Gasteiger partial charge in [0.05, 0.1) is 6.04 Å². The summed E-state index contributed by atoms with van der Waals surface area (Å²) in [6.07, 6.45) is 4.01. The number of pyridine rings is 1. The summed E-state index contributed by atoms with van der Waals surface area (Å²) in [6.45, 7) is 3.94. The molecule has 1 amide bonds. The first-order chi connectivity index (χ1) is 13.5. The van der Waals surface area contributed by atoms with Gasteiger partial charge in [-0.25, -0.2) is 0 Å². The number of aromatic nitrogens is 4. The zero-order chi connectivity index (χ0) is 19.7. The Morgan fingerprint density at radius 3 is 2.71 bits per heavy atom. The third kappa shape index (κ3) is 3.26. The molecule has 0 saturated carbocycles. The summed E-state index contributed by atoms with van der Waals surface area (Å²) in [4.78, 5) is 24.4. The van der Waals surface area contributed by atoms with Gasteiger partial charge in [-0.1, -0.05) is 24.3 Å². The van der Waals surface area contributed by atoms with Gasteiger partial charge in [-0.05, 0) is 32.0 Å². The quantitative estimate of drug-likeness (QED) is 0.525. The Kier molecular flexibility index (Phi) is 4.65. The Morgan fingerprint density at radius 1 is 1.11 bits per heavy atom. The molecule has 7 nitrogen and oxygen atoms in total. The lowest BCUT2D eigenvalue weighted by molar-refractivity contribution is -0.122. The molecular formula is C21H21N5O2. The van der Waals surface area contributed by atoms with Crippen LogP contribution in [0.2, 0.25) is 0 Å². The van der Waals surface area contributed by atoms with Gasteiger partial charge in [0, 0.05) is 41.8 Å². The molecule has 0 aliphatic rings. The maximum absolute atomic E-state index is 12.5. The highest BCUT2D eigenvalue weighted by molar-refractivity contribution is 6.06. The molecule has 142 valence electrons. The number of hydrogen-bond acceptors (Lipinski definition) is 4. The molecule has 0 aliphatic carbocycles. The minimum absolute atomic E-state index is 0.0201. The Morgan fingerprint density at radius 2 is 1.89 bits per heavy atom. The van der Waals surface area contributed by atoms with Crippen molar-refractivity contribution in [3.8, 4) is 0 Å². The number of amides is 1. The molecule has 0 aliphatic heterocycles. The van der Waals surface area contributed by atoms with Crippen LogP contribution in [0.1, 0.15) is 42.5 Å². The minimum Gasteiger partial charge on any atom is -0.346 e. The topological polar surface area (TPSA) is 81.3 Å². The van der Waals surface area contributed by atoms with Gasteiger partial charge in [0.15, 0.2) is 17.3 Å². The molecule has 4 rings (SSSR count). The lowest BCUT2D eigenvalue weighted by atomic mass is 10.1. The molecule has 0 unspecified atom stereocenters. The number of hydrogen-bond donors (Lipinski definition) is 1. The predicted octanol–water partition coefficient (Wildman–Crippen LogP) is 3.15. The fourth-order valence-corrected chi connectivity index (χ4v) is 3.47. The molecule has 3 aromatic heterocycles. The summed E-state index contributed by atoms with van der Waals surface area (Å²) >= 11 is 0. The first kappa shape index (κ1) is 17.9. The first-order valence-electron chi connectivity index (χ1n) is 9.22. The molecule has 3 heterocycles. The van der Waals surface area contributed by atoms with Crippen LogP contribution in [0.3, 0.4) is 0 Å². The van der Waals surface area contributed by atoms with Crippen molar-refractivity contribution < 1.29 is 9.59 Å². The average Bonchev–Trinajstić information content (AvgIpc) is 3.28. The van der Waals surface area contributed by atoms with Gasteiger partial charge in [0.25, 0.3) is 0 Å². The number of carbonyl (C=O) groups excluding carboxylic acids is 2. The molecule has 0 radical (unpaired) electrons. The van der Waals surface area contributed by atoms with E-state index in [-0.39, 0.29) is 17.7 Å². The van der Waals surface area contributed by atoms with Gasteiger partial charge in [-0.3, -0.25) is 14.0 Å². The summed E-state index contributed by atoms with van der Waals surface area (Å²) in [5.41, 5.74) is 2.38. The van der Waals surface area contributed by atoms with Crippen molar-refractivity contribution in [3.63, 3.8) is 0 Å². The van der Waals surface area contributed by atoms with Crippen LogP contribution < -0.4 is 5.32 Å². The van der Waals surface area contributed by atoms with E-state index in [1.54, 1.807) is 6.92 Å². The number of Topliss-reactive ketones (excluding diaryl/α,β-unsaturated/α-hetero) is 1. The molecule has 0 spiro atoms. The Labute approximate surface area is 162 Å². The van der Waals surface area contributed by atoms with Crippen LogP contribution in [-0.2, 0) is 11.3 Å². The molecule has 0 fully saturated rings. The van der Waals surface area contributed by atoms with Crippen LogP contribution in [0.4, 0.5) is 0 Å². The summed E-state index contributed by atoms with van der Waals surface area (Å²) in [7, 11) is 0. The monoisotopic (exact) mass is 375 g/mol. The van der Waals surface area contributed by atoms with E-state index in [0.717, 1.165) is 16.6 Å². The second kappa shape index (κ2) is 7.26. The highest BCUT2D eigenvalue weighted by Gasteiger charge is 2.16. The third-order valence-corrected chi connectivity index (χ3v) is 4.85. The average molecular weight is 375 g/mol. The predicted molar refractivity (Wildman–Crippen MR) is 106 cm³/mol. The van der Waals surface area contributed by atoms with E-state index in [0.29, 0.717) is 24.4 Å². The number of benzene rings is 1. The van der Waals surface area contributed by atoms with Crippen LogP contribution in [0.15, 0.2) is 54.9 Å². The van der Waals surface area contributed by atoms with Crippen molar-refractivity contribution in [2.45, 2.75) is 32.9 Å². The molecule has 1 atom stereocenters. The molecule has 1 aromatic carbocycles. The van der Waals surface area contributed by atoms with E-state index in [9.17, 15) is 9.59 Å². The van der Waals surface area contributed by atoms with Crippen LogP contribution in [0, 0.1) is 0 Å². The third-order valence-electron chi connectivity index (χ3n) is 4.85. The summed E-state index contributed by atoms with van der Waals surface area (Å²) in [5, 5.41) is 12.2. The molecule has 28 heavy (non-hydrogen) atoms. The van der Waals surface area contributed by atoms with Gasteiger partial charge in [-0.2, -0.15) is 0 Å².